The standard InChI is InChI=1S/C19H21N7O2/c1-28-17-11-15(26-13-21-23-24-26)7-8-16(17)22-19(27)14-5-4-10-25(12-14)18-6-2-3-9-20-18/h2-3,6-9,11,13-14H,4-5,10,12H2,1H3,(H,22,27). The van der Waals surface area contributed by atoms with Crippen LogP contribution in [0.3, 0.4) is 0 Å². The number of ether oxygens (including phenoxy) is 1. The molecule has 1 aromatic carbocycles. The number of pyridine rings is 1. The van der Waals surface area contributed by atoms with Gasteiger partial charge in [0.2, 0.25) is 5.91 Å². The van der Waals surface area contributed by atoms with Crippen molar-refractivity contribution in [2.45, 2.75) is 12.8 Å². The highest BCUT2D eigenvalue weighted by molar-refractivity contribution is 5.94. The minimum atomic E-state index is -0.111. The van der Waals surface area contributed by atoms with Crippen LogP contribution in [0.4, 0.5) is 11.5 Å². The molecular weight excluding hydrogens is 358 g/mol. The Balaban J connectivity index is 1.47. The number of nitrogens with zero attached hydrogens (tertiary/aromatic N) is 6. The average molecular weight is 379 g/mol. The highest BCUT2D eigenvalue weighted by Gasteiger charge is 2.27. The highest BCUT2D eigenvalue weighted by atomic mass is 16.5. The Morgan fingerprint density at radius 2 is 2.21 bits per heavy atom. The lowest BCUT2D eigenvalue weighted by Crippen LogP contribution is -2.41. The zero-order chi connectivity index (χ0) is 19.3. The number of carbonyl (C=O) groups is 1. The van der Waals surface area contributed by atoms with Gasteiger partial charge in [0, 0.05) is 25.4 Å². The van der Waals surface area contributed by atoms with Crippen molar-refractivity contribution in [2.75, 3.05) is 30.4 Å². The molecule has 4 rings (SSSR count). The molecule has 0 aliphatic carbocycles. The lowest BCUT2D eigenvalue weighted by molar-refractivity contribution is -0.120. The van der Waals surface area contributed by atoms with Crippen molar-refractivity contribution in [3.8, 4) is 11.4 Å². The number of anilines is 2. The number of nitrogens with one attached hydrogen (secondary N) is 1. The van der Waals surface area contributed by atoms with Crippen molar-refractivity contribution in [1.82, 2.24) is 25.2 Å². The molecule has 1 aliphatic rings. The Bertz CT molecular complexity index is 931. The molecule has 3 heterocycles. The molecule has 3 aromatic rings. The van der Waals surface area contributed by atoms with Gasteiger partial charge in [-0.2, -0.15) is 0 Å². The average Bonchev–Trinajstić information content (AvgIpc) is 3.29. The van der Waals surface area contributed by atoms with Crippen molar-refractivity contribution < 1.29 is 9.53 Å². The highest BCUT2D eigenvalue weighted by Crippen LogP contribution is 2.29. The maximum atomic E-state index is 12.9. The molecule has 0 spiro atoms. The maximum Gasteiger partial charge on any atom is 0.229 e. The predicted molar refractivity (Wildman–Crippen MR) is 104 cm³/mol. The summed E-state index contributed by atoms with van der Waals surface area (Å²) in [6.07, 6.45) is 5.07. The molecule has 1 N–H and O–H groups in total. The molecule has 0 saturated carbocycles. The van der Waals surface area contributed by atoms with Gasteiger partial charge < -0.3 is 15.0 Å². The van der Waals surface area contributed by atoms with Gasteiger partial charge in [0.05, 0.1) is 24.4 Å². The predicted octanol–water partition coefficient (Wildman–Crippen LogP) is 1.92. The summed E-state index contributed by atoms with van der Waals surface area (Å²) < 4.78 is 6.97. The largest absolute Gasteiger partial charge is 0.494 e. The number of piperidine rings is 1. The van der Waals surface area contributed by atoms with E-state index < -0.39 is 0 Å². The molecule has 0 radical (unpaired) electrons. The summed E-state index contributed by atoms with van der Waals surface area (Å²) in [6, 6.07) is 11.2. The van der Waals surface area contributed by atoms with E-state index >= 15 is 0 Å². The van der Waals surface area contributed by atoms with Crippen LogP contribution in [0.1, 0.15) is 12.8 Å². The fourth-order valence-electron chi connectivity index (χ4n) is 3.38. The van der Waals surface area contributed by atoms with E-state index in [9.17, 15) is 4.79 Å². The van der Waals surface area contributed by atoms with Crippen molar-refractivity contribution in [3.05, 3.63) is 48.9 Å². The molecule has 1 aliphatic heterocycles. The minimum absolute atomic E-state index is 0.0193. The summed E-state index contributed by atoms with van der Waals surface area (Å²) in [4.78, 5) is 19.4. The van der Waals surface area contributed by atoms with Crippen molar-refractivity contribution in [2.24, 2.45) is 5.92 Å². The first-order valence-corrected chi connectivity index (χ1v) is 9.13. The van der Waals surface area contributed by atoms with Crippen molar-refractivity contribution in [3.63, 3.8) is 0 Å². The topological polar surface area (TPSA) is 98.1 Å². The number of methoxy groups -OCH3 is 1. The molecular formula is C19H21N7O2. The van der Waals surface area contributed by atoms with E-state index in [0.717, 1.165) is 30.9 Å². The number of tetrazole rings is 1. The van der Waals surface area contributed by atoms with E-state index in [0.29, 0.717) is 18.0 Å². The molecule has 0 bridgehead atoms. The van der Waals surface area contributed by atoms with E-state index in [4.69, 9.17) is 4.74 Å². The van der Waals surface area contributed by atoms with E-state index in [-0.39, 0.29) is 11.8 Å². The van der Waals surface area contributed by atoms with Crippen LogP contribution in [0.15, 0.2) is 48.9 Å². The fourth-order valence-corrected chi connectivity index (χ4v) is 3.38. The Morgan fingerprint density at radius 3 is 2.96 bits per heavy atom. The number of aromatic nitrogens is 5. The number of hydrogen-bond donors (Lipinski definition) is 1. The number of hydrogen-bond acceptors (Lipinski definition) is 7. The lowest BCUT2D eigenvalue weighted by atomic mass is 9.97. The number of carbonyl (C=O) groups excluding carboxylic acids is 1. The second-order valence-electron chi connectivity index (χ2n) is 6.60. The quantitative estimate of drug-likeness (QED) is 0.723. The molecule has 2 aromatic heterocycles. The monoisotopic (exact) mass is 379 g/mol. The summed E-state index contributed by atoms with van der Waals surface area (Å²) in [6.45, 7) is 1.55. The molecule has 1 unspecified atom stereocenters. The molecule has 144 valence electrons. The molecule has 1 fully saturated rings. The van der Waals surface area contributed by atoms with E-state index in [1.807, 2.05) is 24.3 Å². The molecule has 1 amide bonds. The summed E-state index contributed by atoms with van der Waals surface area (Å²) >= 11 is 0. The summed E-state index contributed by atoms with van der Waals surface area (Å²) in [7, 11) is 1.57. The third-order valence-electron chi connectivity index (χ3n) is 4.82. The first kappa shape index (κ1) is 17.9. The van der Waals surface area contributed by atoms with Gasteiger partial charge in [0.15, 0.2) is 0 Å². The zero-order valence-corrected chi connectivity index (χ0v) is 15.5. The molecule has 28 heavy (non-hydrogen) atoms. The maximum absolute atomic E-state index is 12.9. The Kier molecular flexibility index (Phi) is 5.14. The molecule has 9 heteroatoms. The summed E-state index contributed by atoms with van der Waals surface area (Å²) in [5, 5.41) is 14.1. The summed E-state index contributed by atoms with van der Waals surface area (Å²) in [5.74, 6) is 1.33. The van der Waals surface area contributed by atoms with Gasteiger partial charge in [-0.05, 0) is 47.5 Å². The van der Waals surface area contributed by atoms with Gasteiger partial charge in [-0.15, -0.1) is 5.10 Å². The van der Waals surface area contributed by atoms with Crippen LogP contribution in [0, 0.1) is 5.92 Å². The number of amides is 1. The van der Waals surface area contributed by atoms with Crippen LogP contribution in [0.2, 0.25) is 0 Å². The first-order valence-electron chi connectivity index (χ1n) is 9.13. The molecule has 9 nitrogen and oxygen atoms in total. The first-order chi connectivity index (χ1) is 13.7. The fraction of sp³-hybridized carbons (Fsp3) is 0.316. The summed E-state index contributed by atoms with van der Waals surface area (Å²) in [5.41, 5.74) is 1.37. The Labute approximate surface area is 162 Å². The van der Waals surface area contributed by atoms with Crippen LogP contribution in [0.5, 0.6) is 5.75 Å². The minimum Gasteiger partial charge on any atom is -0.494 e. The lowest BCUT2D eigenvalue weighted by Gasteiger charge is -2.32. The van der Waals surface area contributed by atoms with E-state index in [1.165, 1.54) is 11.0 Å². The second kappa shape index (κ2) is 8.03. The van der Waals surface area contributed by atoms with Crippen LogP contribution in [0.25, 0.3) is 5.69 Å². The van der Waals surface area contributed by atoms with E-state index in [1.54, 1.807) is 25.4 Å². The van der Waals surface area contributed by atoms with Gasteiger partial charge in [0.25, 0.3) is 0 Å². The van der Waals surface area contributed by atoms with Gasteiger partial charge in [0.1, 0.15) is 17.9 Å². The van der Waals surface area contributed by atoms with Gasteiger partial charge in [-0.3, -0.25) is 4.79 Å². The molecule has 1 atom stereocenters. The SMILES string of the molecule is COc1cc(-n2cnnn2)ccc1NC(=O)C1CCCN(c2ccccn2)C1. The molecule has 1 saturated heterocycles. The Hall–Kier alpha value is -3.49. The van der Waals surface area contributed by atoms with E-state index in [2.05, 4.69) is 30.7 Å². The smallest absolute Gasteiger partial charge is 0.229 e. The van der Waals surface area contributed by atoms with Crippen LogP contribution in [-0.4, -0.2) is 51.3 Å². The third-order valence-corrected chi connectivity index (χ3v) is 4.82. The third kappa shape index (κ3) is 3.78. The van der Waals surface area contributed by atoms with Gasteiger partial charge in [-0.1, -0.05) is 6.07 Å². The second-order valence-corrected chi connectivity index (χ2v) is 6.60. The number of rotatable bonds is 5. The number of benzene rings is 1. The zero-order valence-electron chi connectivity index (χ0n) is 15.5. The van der Waals surface area contributed by atoms with Crippen LogP contribution < -0.4 is 15.0 Å². The van der Waals surface area contributed by atoms with Crippen molar-refractivity contribution in [1.29, 1.82) is 0 Å². The van der Waals surface area contributed by atoms with Crippen LogP contribution in [-0.2, 0) is 4.79 Å². The van der Waals surface area contributed by atoms with Gasteiger partial charge >= 0.3 is 0 Å². The normalized spacial score (nSPS) is 16.6. The van der Waals surface area contributed by atoms with Gasteiger partial charge in [-0.25, -0.2) is 9.67 Å². The van der Waals surface area contributed by atoms with Crippen LogP contribution >= 0.6 is 0 Å². The Morgan fingerprint density at radius 1 is 1.29 bits per heavy atom. The van der Waals surface area contributed by atoms with Crippen molar-refractivity contribution >= 4 is 17.4 Å².